The number of rotatable bonds is 3. The molecular formula is C14H18ClNO4. The second kappa shape index (κ2) is 6.13. The zero-order valence-corrected chi connectivity index (χ0v) is 12.6. The molecule has 0 heterocycles. The Balaban J connectivity index is 2.78. The zero-order chi connectivity index (χ0) is 15.5. The van der Waals surface area contributed by atoms with E-state index in [1.807, 2.05) is 0 Å². The first kappa shape index (κ1) is 16.3. The summed E-state index contributed by atoms with van der Waals surface area (Å²) in [6.45, 7) is 7.08. The number of aromatic carboxylic acids is 1. The smallest absolute Gasteiger partial charge is 0.408 e. The van der Waals surface area contributed by atoms with Gasteiger partial charge in [-0.2, -0.15) is 0 Å². The van der Waals surface area contributed by atoms with E-state index < -0.39 is 17.7 Å². The highest BCUT2D eigenvalue weighted by atomic mass is 35.5. The van der Waals surface area contributed by atoms with Crippen LogP contribution in [0.25, 0.3) is 0 Å². The van der Waals surface area contributed by atoms with E-state index in [9.17, 15) is 9.59 Å². The molecule has 5 nitrogen and oxygen atoms in total. The molecule has 0 saturated carbocycles. The third-order valence-electron chi connectivity index (χ3n) is 2.46. The van der Waals surface area contributed by atoms with Crippen LogP contribution in [-0.2, 0) is 4.74 Å². The molecule has 110 valence electrons. The first-order chi connectivity index (χ1) is 9.10. The van der Waals surface area contributed by atoms with Crippen LogP contribution in [0.1, 0.15) is 49.7 Å². The van der Waals surface area contributed by atoms with Crippen molar-refractivity contribution in [1.29, 1.82) is 0 Å². The van der Waals surface area contributed by atoms with Gasteiger partial charge in [0.25, 0.3) is 0 Å². The number of hydrogen-bond donors (Lipinski definition) is 2. The van der Waals surface area contributed by atoms with Gasteiger partial charge in [-0.1, -0.05) is 17.7 Å². The molecule has 1 unspecified atom stereocenters. The molecule has 1 amide bonds. The maximum atomic E-state index is 11.6. The van der Waals surface area contributed by atoms with Gasteiger partial charge >= 0.3 is 12.1 Å². The van der Waals surface area contributed by atoms with Gasteiger partial charge in [0.1, 0.15) is 5.60 Å². The number of benzene rings is 1. The van der Waals surface area contributed by atoms with Crippen LogP contribution in [0.15, 0.2) is 18.2 Å². The van der Waals surface area contributed by atoms with E-state index in [0.717, 1.165) is 0 Å². The van der Waals surface area contributed by atoms with Crippen molar-refractivity contribution in [2.24, 2.45) is 0 Å². The van der Waals surface area contributed by atoms with Crippen molar-refractivity contribution in [2.45, 2.75) is 39.3 Å². The summed E-state index contributed by atoms with van der Waals surface area (Å²) in [6.07, 6.45) is -0.538. The quantitative estimate of drug-likeness (QED) is 0.893. The van der Waals surface area contributed by atoms with E-state index in [1.54, 1.807) is 33.8 Å². The van der Waals surface area contributed by atoms with Gasteiger partial charge in [-0.05, 0) is 45.4 Å². The van der Waals surface area contributed by atoms with Gasteiger partial charge in [-0.3, -0.25) is 0 Å². The van der Waals surface area contributed by atoms with Crippen LogP contribution < -0.4 is 5.32 Å². The largest absolute Gasteiger partial charge is 0.478 e. The van der Waals surface area contributed by atoms with E-state index in [0.29, 0.717) is 5.56 Å². The van der Waals surface area contributed by atoms with E-state index in [2.05, 4.69) is 5.32 Å². The van der Waals surface area contributed by atoms with Gasteiger partial charge in [-0.15, -0.1) is 0 Å². The first-order valence-electron chi connectivity index (χ1n) is 6.12. The summed E-state index contributed by atoms with van der Waals surface area (Å²) >= 11 is 5.89. The van der Waals surface area contributed by atoms with E-state index in [4.69, 9.17) is 21.4 Å². The van der Waals surface area contributed by atoms with Gasteiger partial charge in [0.05, 0.1) is 16.6 Å². The number of carboxylic acids is 1. The van der Waals surface area contributed by atoms with Crippen molar-refractivity contribution in [3.63, 3.8) is 0 Å². The van der Waals surface area contributed by atoms with Gasteiger partial charge in [-0.25, -0.2) is 9.59 Å². The zero-order valence-electron chi connectivity index (χ0n) is 11.9. The molecule has 0 saturated heterocycles. The summed E-state index contributed by atoms with van der Waals surface area (Å²) in [4.78, 5) is 22.5. The minimum absolute atomic E-state index is 0.0277. The van der Waals surface area contributed by atoms with E-state index >= 15 is 0 Å². The van der Waals surface area contributed by atoms with Crippen LogP contribution in [0.4, 0.5) is 4.79 Å². The standard InChI is InChI=1S/C14H18ClNO4/c1-8(16-13(19)20-14(2,3)4)9-5-6-10(12(17)18)11(15)7-9/h5-8H,1-4H3,(H,16,19)(H,17,18). The number of alkyl carbamates (subject to hydrolysis) is 1. The lowest BCUT2D eigenvalue weighted by molar-refractivity contribution is 0.0507. The van der Waals surface area contributed by atoms with Gasteiger partial charge in [0.15, 0.2) is 0 Å². The topological polar surface area (TPSA) is 75.6 Å². The lowest BCUT2D eigenvalue weighted by Crippen LogP contribution is -2.34. The molecule has 1 aromatic rings. The predicted octanol–water partition coefficient (Wildman–Crippen LogP) is 3.62. The highest BCUT2D eigenvalue weighted by Crippen LogP contribution is 2.22. The molecule has 6 heteroatoms. The minimum Gasteiger partial charge on any atom is -0.478 e. The molecule has 0 radical (unpaired) electrons. The molecule has 0 aliphatic heterocycles. The molecule has 2 N–H and O–H groups in total. The Hall–Kier alpha value is -1.75. The van der Waals surface area contributed by atoms with Gasteiger partial charge < -0.3 is 15.2 Å². The number of carboxylic acid groups (broad SMARTS) is 1. The molecule has 0 aliphatic carbocycles. The monoisotopic (exact) mass is 299 g/mol. The minimum atomic E-state index is -1.09. The Bertz CT molecular complexity index is 522. The molecule has 0 bridgehead atoms. The molecule has 20 heavy (non-hydrogen) atoms. The number of ether oxygens (including phenoxy) is 1. The fourth-order valence-corrected chi connectivity index (χ4v) is 1.81. The summed E-state index contributed by atoms with van der Waals surface area (Å²) in [5.41, 5.74) is 0.153. The number of carbonyl (C=O) groups is 2. The molecule has 1 aromatic carbocycles. The first-order valence-corrected chi connectivity index (χ1v) is 6.50. The van der Waals surface area contributed by atoms with Crippen molar-refractivity contribution in [2.75, 3.05) is 0 Å². The Morgan fingerprint density at radius 2 is 1.95 bits per heavy atom. The molecule has 1 rings (SSSR count). The van der Waals surface area contributed by atoms with Crippen LogP contribution >= 0.6 is 11.6 Å². The number of hydrogen-bond acceptors (Lipinski definition) is 3. The summed E-state index contributed by atoms with van der Waals surface area (Å²) in [5.74, 6) is -1.09. The average molecular weight is 300 g/mol. The third kappa shape index (κ3) is 4.74. The Kier molecular flexibility index (Phi) is 5.00. The summed E-state index contributed by atoms with van der Waals surface area (Å²) in [7, 11) is 0. The summed E-state index contributed by atoms with van der Waals surface area (Å²) in [6, 6.07) is 4.20. The summed E-state index contributed by atoms with van der Waals surface area (Å²) < 4.78 is 5.14. The lowest BCUT2D eigenvalue weighted by atomic mass is 10.1. The predicted molar refractivity (Wildman–Crippen MR) is 76.2 cm³/mol. The van der Waals surface area contributed by atoms with Crippen molar-refractivity contribution >= 4 is 23.7 Å². The normalized spacial score (nSPS) is 12.7. The molecule has 0 fully saturated rings. The Morgan fingerprint density at radius 1 is 1.35 bits per heavy atom. The molecule has 0 aliphatic rings. The number of carbonyl (C=O) groups excluding carboxylic acids is 1. The van der Waals surface area contributed by atoms with Crippen LogP contribution in [0.3, 0.4) is 0 Å². The third-order valence-corrected chi connectivity index (χ3v) is 2.77. The van der Waals surface area contributed by atoms with Crippen molar-refractivity contribution in [3.05, 3.63) is 34.3 Å². The van der Waals surface area contributed by atoms with Gasteiger partial charge in [0.2, 0.25) is 0 Å². The van der Waals surface area contributed by atoms with Crippen molar-refractivity contribution < 1.29 is 19.4 Å². The summed E-state index contributed by atoms with van der Waals surface area (Å²) in [5, 5.41) is 11.7. The number of amides is 1. The highest BCUT2D eigenvalue weighted by molar-refractivity contribution is 6.33. The highest BCUT2D eigenvalue weighted by Gasteiger charge is 2.19. The number of halogens is 1. The molecule has 0 spiro atoms. The molecular weight excluding hydrogens is 282 g/mol. The lowest BCUT2D eigenvalue weighted by Gasteiger charge is -2.22. The Morgan fingerprint density at radius 3 is 2.40 bits per heavy atom. The fraction of sp³-hybridized carbons (Fsp3) is 0.429. The second-order valence-electron chi connectivity index (χ2n) is 5.41. The van der Waals surface area contributed by atoms with Crippen LogP contribution in [0.2, 0.25) is 5.02 Å². The second-order valence-corrected chi connectivity index (χ2v) is 5.82. The Labute approximate surface area is 122 Å². The van der Waals surface area contributed by atoms with Crippen LogP contribution in [-0.4, -0.2) is 22.8 Å². The van der Waals surface area contributed by atoms with Crippen molar-refractivity contribution in [1.82, 2.24) is 5.32 Å². The van der Waals surface area contributed by atoms with Crippen LogP contribution in [0, 0.1) is 0 Å². The fourth-order valence-electron chi connectivity index (χ4n) is 1.54. The van der Waals surface area contributed by atoms with Crippen LogP contribution in [0.5, 0.6) is 0 Å². The maximum Gasteiger partial charge on any atom is 0.408 e. The van der Waals surface area contributed by atoms with Crippen molar-refractivity contribution in [3.8, 4) is 0 Å². The number of nitrogens with one attached hydrogen (secondary N) is 1. The SMILES string of the molecule is CC(NC(=O)OC(C)(C)C)c1ccc(C(=O)O)c(Cl)c1. The average Bonchev–Trinajstić information content (AvgIpc) is 2.25. The maximum absolute atomic E-state index is 11.6. The van der Waals surface area contributed by atoms with E-state index in [1.165, 1.54) is 12.1 Å². The molecule has 1 atom stereocenters. The van der Waals surface area contributed by atoms with E-state index in [-0.39, 0.29) is 16.6 Å². The molecule has 0 aromatic heterocycles. The van der Waals surface area contributed by atoms with Gasteiger partial charge in [0, 0.05) is 0 Å².